The second-order valence-electron chi connectivity index (χ2n) is 3.95. The Bertz CT molecular complexity index is 589. The molecule has 1 aromatic heterocycles. The monoisotopic (exact) mass is 283 g/mol. The highest BCUT2D eigenvalue weighted by Gasteiger charge is 2.17. The summed E-state index contributed by atoms with van der Waals surface area (Å²) in [5, 5.41) is 1.11. The summed E-state index contributed by atoms with van der Waals surface area (Å²) in [6.07, 6.45) is -0.0337. The van der Waals surface area contributed by atoms with E-state index in [1.54, 1.807) is 13.0 Å². The van der Waals surface area contributed by atoms with Gasteiger partial charge in [0.25, 0.3) is 0 Å². The van der Waals surface area contributed by atoms with E-state index >= 15 is 0 Å². The number of rotatable bonds is 3. The van der Waals surface area contributed by atoms with Crippen molar-refractivity contribution in [3.63, 3.8) is 0 Å². The molecule has 0 bridgehead atoms. The van der Waals surface area contributed by atoms with Gasteiger partial charge in [0.2, 0.25) is 0 Å². The summed E-state index contributed by atoms with van der Waals surface area (Å²) in [5.41, 5.74) is 0.935. The van der Waals surface area contributed by atoms with E-state index in [4.69, 9.17) is 11.6 Å². The SMILES string of the molecule is Cc1nc(C)c(C(=O)Cc2c(F)cccc2Cl)s1. The van der Waals surface area contributed by atoms with Gasteiger partial charge in [-0.25, -0.2) is 9.37 Å². The van der Waals surface area contributed by atoms with Crippen molar-refractivity contribution < 1.29 is 9.18 Å². The van der Waals surface area contributed by atoms with Crippen molar-refractivity contribution >= 4 is 28.7 Å². The van der Waals surface area contributed by atoms with Crippen molar-refractivity contribution in [3.05, 3.63) is 50.2 Å². The number of hydrogen-bond donors (Lipinski definition) is 0. The van der Waals surface area contributed by atoms with Gasteiger partial charge in [-0.1, -0.05) is 17.7 Å². The largest absolute Gasteiger partial charge is 0.293 e. The first kappa shape index (κ1) is 13.2. The third kappa shape index (κ3) is 2.60. The molecule has 0 fully saturated rings. The number of thiazole rings is 1. The first-order chi connectivity index (χ1) is 8.49. The molecule has 0 saturated heterocycles. The number of hydrogen-bond acceptors (Lipinski definition) is 3. The van der Waals surface area contributed by atoms with E-state index in [2.05, 4.69) is 4.98 Å². The number of aromatic nitrogens is 1. The van der Waals surface area contributed by atoms with E-state index < -0.39 is 5.82 Å². The van der Waals surface area contributed by atoms with E-state index in [0.29, 0.717) is 10.6 Å². The standard InChI is InChI=1S/C13H11ClFNOS/c1-7-13(18-8(2)16-7)12(17)6-9-10(14)4-3-5-11(9)15/h3-5H,6H2,1-2H3. The molecule has 2 aromatic rings. The van der Waals surface area contributed by atoms with Crippen molar-refractivity contribution in [2.24, 2.45) is 0 Å². The molecular formula is C13H11ClFNOS. The number of ketones is 1. The van der Waals surface area contributed by atoms with Crippen LogP contribution in [0, 0.1) is 19.7 Å². The number of halogens is 2. The van der Waals surface area contributed by atoms with Gasteiger partial charge in [0.05, 0.1) is 15.6 Å². The molecule has 0 unspecified atom stereocenters. The lowest BCUT2D eigenvalue weighted by Gasteiger charge is -2.04. The molecule has 0 N–H and O–H groups in total. The van der Waals surface area contributed by atoms with E-state index in [1.165, 1.54) is 23.5 Å². The summed E-state index contributed by atoms with van der Waals surface area (Å²) in [7, 11) is 0. The van der Waals surface area contributed by atoms with Crippen molar-refractivity contribution in [1.29, 1.82) is 0 Å². The molecule has 0 saturated carbocycles. The van der Waals surface area contributed by atoms with Crippen LogP contribution in [0.1, 0.15) is 25.9 Å². The van der Waals surface area contributed by atoms with Gasteiger partial charge in [0.15, 0.2) is 5.78 Å². The molecule has 1 aromatic carbocycles. The van der Waals surface area contributed by atoms with Crippen LogP contribution < -0.4 is 0 Å². The molecular weight excluding hydrogens is 273 g/mol. The Kier molecular flexibility index (Phi) is 3.78. The number of benzene rings is 1. The predicted octanol–water partition coefficient (Wildman–Crippen LogP) is 3.98. The molecule has 18 heavy (non-hydrogen) atoms. The van der Waals surface area contributed by atoms with Crippen LogP contribution in [0.5, 0.6) is 0 Å². The maximum absolute atomic E-state index is 13.6. The Balaban J connectivity index is 2.30. The van der Waals surface area contributed by atoms with Gasteiger partial charge in [-0.3, -0.25) is 4.79 Å². The molecule has 0 aliphatic carbocycles. The van der Waals surface area contributed by atoms with Gasteiger partial charge >= 0.3 is 0 Å². The smallest absolute Gasteiger partial charge is 0.179 e. The fraction of sp³-hybridized carbons (Fsp3) is 0.231. The minimum Gasteiger partial charge on any atom is -0.293 e. The fourth-order valence-corrected chi connectivity index (χ4v) is 2.82. The molecule has 2 rings (SSSR count). The summed E-state index contributed by atoms with van der Waals surface area (Å²) in [6, 6.07) is 4.41. The zero-order chi connectivity index (χ0) is 13.3. The molecule has 1 heterocycles. The summed E-state index contributed by atoms with van der Waals surface area (Å²) in [4.78, 5) is 16.9. The van der Waals surface area contributed by atoms with Gasteiger partial charge in [-0.15, -0.1) is 11.3 Å². The minimum atomic E-state index is -0.449. The lowest BCUT2D eigenvalue weighted by Crippen LogP contribution is -2.05. The normalized spacial score (nSPS) is 10.7. The van der Waals surface area contributed by atoms with Crippen molar-refractivity contribution in [2.75, 3.05) is 0 Å². The second-order valence-corrected chi connectivity index (χ2v) is 5.56. The molecule has 0 atom stereocenters. The average molecular weight is 284 g/mol. The Morgan fingerprint density at radius 2 is 2.17 bits per heavy atom. The number of Topliss-reactive ketones (excluding diaryl/α,β-unsaturated/α-hetero) is 1. The lowest BCUT2D eigenvalue weighted by molar-refractivity contribution is 0.0995. The summed E-state index contributed by atoms with van der Waals surface area (Å²) < 4.78 is 13.6. The molecule has 0 radical (unpaired) electrons. The maximum atomic E-state index is 13.6. The fourth-order valence-electron chi connectivity index (χ4n) is 1.73. The van der Waals surface area contributed by atoms with Crippen LogP contribution in [0.3, 0.4) is 0 Å². The van der Waals surface area contributed by atoms with Crippen LogP contribution in [-0.4, -0.2) is 10.8 Å². The maximum Gasteiger partial charge on any atom is 0.179 e. The first-order valence-electron chi connectivity index (χ1n) is 5.39. The highest BCUT2D eigenvalue weighted by atomic mass is 35.5. The lowest BCUT2D eigenvalue weighted by atomic mass is 10.1. The van der Waals surface area contributed by atoms with Crippen LogP contribution in [-0.2, 0) is 6.42 Å². The Morgan fingerprint density at radius 1 is 1.44 bits per heavy atom. The van der Waals surface area contributed by atoms with E-state index in [0.717, 1.165) is 5.01 Å². The molecule has 5 heteroatoms. The van der Waals surface area contributed by atoms with Crippen LogP contribution in [0.2, 0.25) is 5.02 Å². The Morgan fingerprint density at radius 3 is 2.72 bits per heavy atom. The molecule has 0 spiro atoms. The quantitative estimate of drug-likeness (QED) is 0.798. The zero-order valence-electron chi connectivity index (χ0n) is 9.96. The average Bonchev–Trinajstić information content (AvgIpc) is 2.63. The molecule has 0 amide bonds. The highest BCUT2D eigenvalue weighted by molar-refractivity contribution is 7.13. The van der Waals surface area contributed by atoms with Crippen molar-refractivity contribution in [1.82, 2.24) is 4.98 Å². The van der Waals surface area contributed by atoms with Crippen molar-refractivity contribution in [2.45, 2.75) is 20.3 Å². The second kappa shape index (κ2) is 5.16. The Labute approximate surface area is 113 Å². The highest BCUT2D eigenvalue weighted by Crippen LogP contribution is 2.24. The third-order valence-electron chi connectivity index (χ3n) is 2.56. The van der Waals surface area contributed by atoms with Gasteiger partial charge in [0.1, 0.15) is 5.82 Å². The third-order valence-corrected chi connectivity index (χ3v) is 4.02. The summed E-state index contributed by atoms with van der Waals surface area (Å²) in [6.45, 7) is 3.62. The number of aryl methyl sites for hydroxylation is 2. The van der Waals surface area contributed by atoms with Gasteiger partial charge < -0.3 is 0 Å². The van der Waals surface area contributed by atoms with Crippen LogP contribution >= 0.6 is 22.9 Å². The zero-order valence-corrected chi connectivity index (χ0v) is 11.5. The summed E-state index contributed by atoms with van der Waals surface area (Å²) >= 11 is 7.23. The predicted molar refractivity (Wildman–Crippen MR) is 71.0 cm³/mol. The Hall–Kier alpha value is -1.26. The topological polar surface area (TPSA) is 30.0 Å². The number of carbonyl (C=O) groups excluding carboxylic acids is 1. The van der Waals surface area contributed by atoms with Gasteiger partial charge in [-0.05, 0) is 26.0 Å². The first-order valence-corrected chi connectivity index (χ1v) is 6.58. The molecule has 0 aliphatic rings. The van der Waals surface area contributed by atoms with E-state index in [9.17, 15) is 9.18 Å². The number of carbonyl (C=O) groups is 1. The molecule has 2 nitrogen and oxygen atoms in total. The van der Waals surface area contributed by atoms with Gasteiger partial charge in [0, 0.05) is 17.0 Å². The van der Waals surface area contributed by atoms with E-state index in [1.807, 2.05) is 6.92 Å². The number of nitrogens with zero attached hydrogens (tertiary/aromatic N) is 1. The van der Waals surface area contributed by atoms with Crippen LogP contribution in [0.25, 0.3) is 0 Å². The van der Waals surface area contributed by atoms with Crippen LogP contribution in [0.15, 0.2) is 18.2 Å². The minimum absolute atomic E-state index is 0.0337. The molecule has 94 valence electrons. The summed E-state index contributed by atoms with van der Waals surface area (Å²) in [5.74, 6) is -0.597. The van der Waals surface area contributed by atoms with Crippen molar-refractivity contribution in [3.8, 4) is 0 Å². The van der Waals surface area contributed by atoms with E-state index in [-0.39, 0.29) is 22.8 Å². The van der Waals surface area contributed by atoms with Crippen LogP contribution in [0.4, 0.5) is 4.39 Å². The van der Waals surface area contributed by atoms with Gasteiger partial charge in [-0.2, -0.15) is 0 Å². The molecule has 0 aliphatic heterocycles.